The molecule has 9 heteroatoms. The van der Waals surface area contributed by atoms with Crippen LogP contribution in [0, 0.1) is 6.92 Å². The Morgan fingerprint density at radius 3 is 2.83 bits per heavy atom. The van der Waals surface area contributed by atoms with Gasteiger partial charge < -0.3 is 14.8 Å². The van der Waals surface area contributed by atoms with Crippen molar-refractivity contribution in [3.63, 3.8) is 0 Å². The van der Waals surface area contributed by atoms with Gasteiger partial charge in [0.1, 0.15) is 16.3 Å². The Bertz CT molecular complexity index is 1120. The number of methoxy groups -OCH3 is 2. The summed E-state index contributed by atoms with van der Waals surface area (Å²) in [6.45, 7) is 5.97. The highest BCUT2D eigenvalue weighted by Crippen LogP contribution is 2.29. The third kappa shape index (κ3) is 4.63. The molecule has 1 amide bonds. The van der Waals surface area contributed by atoms with Gasteiger partial charge in [-0.25, -0.2) is 4.98 Å². The minimum atomic E-state index is -0.236. The van der Waals surface area contributed by atoms with E-state index in [1.54, 1.807) is 31.4 Å². The summed E-state index contributed by atoms with van der Waals surface area (Å²) in [4.78, 5) is 31.5. The van der Waals surface area contributed by atoms with Gasteiger partial charge in [0, 0.05) is 17.5 Å². The molecule has 1 aromatic carbocycles. The van der Waals surface area contributed by atoms with E-state index in [0.29, 0.717) is 39.1 Å². The summed E-state index contributed by atoms with van der Waals surface area (Å²) in [5.41, 5.74) is 0.415. The molecule has 3 aromatic rings. The van der Waals surface area contributed by atoms with Crippen LogP contribution in [0.5, 0.6) is 11.5 Å². The first kappa shape index (κ1) is 20.9. The minimum Gasteiger partial charge on any atom is -0.497 e. The number of thiophene rings is 1. The maximum absolute atomic E-state index is 12.8. The molecule has 29 heavy (non-hydrogen) atoms. The molecule has 0 atom stereocenters. The second-order valence-corrected chi connectivity index (χ2v) is 8.26. The van der Waals surface area contributed by atoms with E-state index in [1.807, 2.05) is 13.0 Å². The van der Waals surface area contributed by atoms with Gasteiger partial charge in [0.2, 0.25) is 5.91 Å². The average Bonchev–Trinajstić information content (AvgIpc) is 3.09. The molecule has 0 saturated heterocycles. The van der Waals surface area contributed by atoms with Gasteiger partial charge in [0.05, 0.1) is 31.0 Å². The predicted octanol–water partition coefficient (Wildman–Crippen LogP) is 3.70. The first-order chi connectivity index (χ1) is 14.0. The zero-order valence-electron chi connectivity index (χ0n) is 16.4. The molecule has 0 aliphatic rings. The zero-order valence-corrected chi connectivity index (χ0v) is 18.0. The van der Waals surface area contributed by atoms with Gasteiger partial charge in [-0.2, -0.15) is 0 Å². The maximum Gasteiger partial charge on any atom is 0.263 e. The molecule has 0 saturated carbocycles. The molecule has 0 aliphatic heterocycles. The lowest BCUT2D eigenvalue weighted by molar-refractivity contribution is -0.113. The van der Waals surface area contributed by atoms with Crippen molar-refractivity contribution >= 4 is 44.9 Å². The van der Waals surface area contributed by atoms with Gasteiger partial charge in [0.15, 0.2) is 5.16 Å². The van der Waals surface area contributed by atoms with Crippen molar-refractivity contribution in [2.24, 2.45) is 0 Å². The van der Waals surface area contributed by atoms with Crippen LogP contribution >= 0.6 is 23.1 Å². The Morgan fingerprint density at radius 1 is 1.34 bits per heavy atom. The van der Waals surface area contributed by atoms with Crippen LogP contribution < -0.4 is 20.3 Å². The SMILES string of the molecule is C=CCn1c(SCC(=O)Nc2ccc(OC)cc2OC)nc2sc(C)cc2c1=O. The number of fused-ring (bicyclic) bond motifs is 1. The van der Waals surface area contributed by atoms with Gasteiger partial charge in [-0.05, 0) is 25.1 Å². The molecule has 0 fully saturated rings. The maximum atomic E-state index is 12.8. The first-order valence-corrected chi connectivity index (χ1v) is 10.5. The number of amides is 1. The van der Waals surface area contributed by atoms with Crippen molar-refractivity contribution < 1.29 is 14.3 Å². The third-order valence-corrected chi connectivity index (χ3v) is 5.99. The number of ether oxygens (including phenoxy) is 2. The van der Waals surface area contributed by atoms with Crippen LogP contribution in [0.4, 0.5) is 5.69 Å². The Balaban J connectivity index is 1.79. The van der Waals surface area contributed by atoms with E-state index in [2.05, 4.69) is 16.9 Å². The Labute approximate surface area is 176 Å². The zero-order chi connectivity index (χ0) is 21.0. The van der Waals surface area contributed by atoms with E-state index in [0.717, 1.165) is 4.88 Å². The number of nitrogens with zero attached hydrogens (tertiary/aromatic N) is 2. The number of anilines is 1. The summed E-state index contributed by atoms with van der Waals surface area (Å²) < 4.78 is 12.0. The second kappa shape index (κ2) is 9.15. The number of rotatable bonds is 8. The minimum absolute atomic E-state index is 0.0919. The molecule has 0 aliphatic carbocycles. The van der Waals surface area contributed by atoms with Crippen molar-refractivity contribution in [2.45, 2.75) is 18.6 Å². The van der Waals surface area contributed by atoms with E-state index in [9.17, 15) is 9.59 Å². The van der Waals surface area contributed by atoms with Crippen molar-refractivity contribution in [3.05, 3.63) is 52.2 Å². The smallest absolute Gasteiger partial charge is 0.263 e. The van der Waals surface area contributed by atoms with Crippen LogP contribution in [0.25, 0.3) is 10.2 Å². The summed E-state index contributed by atoms with van der Waals surface area (Å²) in [7, 11) is 3.08. The Kier molecular flexibility index (Phi) is 6.60. The monoisotopic (exact) mass is 431 g/mol. The predicted molar refractivity (Wildman–Crippen MR) is 118 cm³/mol. The number of carbonyl (C=O) groups excluding carboxylic acids is 1. The van der Waals surface area contributed by atoms with Gasteiger partial charge in [-0.3, -0.25) is 14.2 Å². The number of hydrogen-bond donors (Lipinski definition) is 1. The molecule has 7 nitrogen and oxygen atoms in total. The van der Waals surface area contributed by atoms with Crippen molar-refractivity contribution in [1.29, 1.82) is 0 Å². The quantitative estimate of drug-likeness (QED) is 0.333. The highest BCUT2D eigenvalue weighted by molar-refractivity contribution is 7.99. The lowest BCUT2D eigenvalue weighted by atomic mass is 10.2. The van der Waals surface area contributed by atoms with E-state index in [1.165, 1.54) is 34.8 Å². The van der Waals surface area contributed by atoms with Gasteiger partial charge in [-0.15, -0.1) is 17.9 Å². The fraction of sp³-hybridized carbons (Fsp3) is 0.250. The van der Waals surface area contributed by atoms with Crippen LogP contribution in [0.1, 0.15) is 4.88 Å². The lowest BCUT2D eigenvalue weighted by Crippen LogP contribution is -2.23. The summed E-state index contributed by atoms with van der Waals surface area (Å²) in [5, 5.41) is 3.89. The topological polar surface area (TPSA) is 82.5 Å². The molecular weight excluding hydrogens is 410 g/mol. The fourth-order valence-corrected chi connectivity index (χ4v) is 4.47. The fourth-order valence-electron chi connectivity index (χ4n) is 2.74. The lowest BCUT2D eigenvalue weighted by Gasteiger charge is -2.12. The van der Waals surface area contributed by atoms with Gasteiger partial charge in [0.25, 0.3) is 5.56 Å². The molecule has 2 heterocycles. The van der Waals surface area contributed by atoms with Crippen molar-refractivity contribution in [2.75, 3.05) is 25.3 Å². The molecule has 1 N–H and O–H groups in total. The van der Waals surface area contributed by atoms with Crippen LogP contribution in [0.15, 0.2) is 46.9 Å². The van der Waals surface area contributed by atoms with Crippen LogP contribution in [-0.2, 0) is 11.3 Å². The largest absolute Gasteiger partial charge is 0.497 e. The number of benzene rings is 1. The Hall–Kier alpha value is -2.78. The molecule has 152 valence electrons. The molecule has 3 rings (SSSR count). The summed E-state index contributed by atoms with van der Waals surface area (Å²) in [6, 6.07) is 6.99. The molecule has 0 radical (unpaired) electrons. The van der Waals surface area contributed by atoms with Crippen molar-refractivity contribution in [3.8, 4) is 11.5 Å². The molecule has 0 bridgehead atoms. The van der Waals surface area contributed by atoms with E-state index < -0.39 is 0 Å². The second-order valence-electron chi connectivity index (χ2n) is 6.08. The number of aryl methyl sites for hydroxylation is 1. The van der Waals surface area contributed by atoms with Crippen LogP contribution in [0.3, 0.4) is 0 Å². The summed E-state index contributed by atoms with van der Waals surface area (Å²) in [6.07, 6.45) is 1.64. The molecule has 2 aromatic heterocycles. The highest BCUT2D eigenvalue weighted by atomic mass is 32.2. The summed E-state index contributed by atoms with van der Waals surface area (Å²) >= 11 is 2.67. The van der Waals surface area contributed by atoms with Gasteiger partial charge in [-0.1, -0.05) is 17.8 Å². The number of thioether (sulfide) groups is 1. The molecule has 0 unspecified atom stereocenters. The van der Waals surface area contributed by atoms with Crippen LogP contribution in [-0.4, -0.2) is 35.4 Å². The number of nitrogens with one attached hydrogen (secondary N) is 1. The molecule has 0 spiro atoms. The Morgan fingerprint density at radius 2 is 2.14 bits per heavy atom. The number of allylic oxidation sites excluding steroid dienone is 1. The number of carbonyl (C=O) groups is 1. The average molecular weight is 432 g/mol. The van der Waals surface area contributed by atoms with E-state index in [-0.39, 0.29) is 17.2 Å². The van der Waals surface area contributed by atoms with E-state index in [4.69, 9.17) is 9.47 Å². The van der Waals surface area contributed by atoms with Crippen LogP contribution in [0.2, 0.25) is 0 Å². The van der Waals surface area contributed by atoms with E-state index >= 15 is 0 Å². The summed E-state index contributed by atoms with van der Waals surface area (Å²) in [5.74, 6) is 0.987. The normalized spacial score (nSPS) is 10.7. The third-order valence-electron chi connectivity index (χ3n) is 4.07. The molecular formula is C20H21N3O4S2. The highest BCUT2D eigenvalue weighted by Gasteiger charge is 2.15. The standard InChI is InChI=1S/C20H21N3O4S2/c1-5-8-23-19(25)14-9-12(2)29-18(14)22-20(23)28-11-17(24)21-15-7-6-13(26-3)10-16(15)27-4/h5-7,9-10H,1,8,11H2,2-4H3,(H,21,24). The van der Waals surface area contributed by atoms with Crippen molar-refractivity contribution in [1.82, 2.24) is 9.55 Å². The van der Waals surface area contributed by atoms with Gasteiger partial charge >= 0.3 is 0 Å². The number of hydrogen-bond acceptors (Lipinski definition) is 7. The number of aromatic nitrogens is 2. The first-order valence-electron chi connectivity index (χ1n) is 8.73.